The molecule has 0 bridgehead atoms. The van der Waals surface area contributed by atoms with Crippen molar-refractivity contribution in [3.05, 3.63) is 18.2 Å². The Morgan fingerprint density at radius 2 is 2.28 bits per heavy atom. The maximum atomic E-state index is 11.8. The van der Waals surface area contributed by atoms with E-state index < -0.39 is 5.97 Å². The van der Waals surface area contributed by atoms with Crippen LogP contribution in [0.15, 0.2) is 23.1 Å². The van der Waals surface area contributed by atoms with E-state index in [4.69, 9.17) is 10.8 Å². The standard InChI is InChI=1S/C12H14N2O3S/c13-8-3-4-9-10(6-8)18-7-11(15)14(9)5-1-2-12(16)17/h3-4,6H,1-2,5,7,13H2,(H,16,17). The molecule has 1 heterocycles. The third kappa shape index (κ3) is 2.76. The Balaban J connectivity index is 2.15. The number of hydrogen-bond donors (Lipinski definition) is 2. The van der Waals surface area contributed by atoms with Crippen LogP contribution in [-0.2, 0) is 9.59 Å². The molecular weight excluding hydrogens is 252 g/mol. The quantitative estimate of drug-likeness (QED) is 0.808. The Bertz CT molecular complexity index is 490. The number of carbonyl (C=O) groups is 2. The van der Waals surface area contributed by atoms with Gasteiger partial charge in [0.25, 0.3) is 0 Å². The first-order chi connectivity index (χ1) is 8.58. The number of rotatable bonds is 4. The average molecular weight is 266 g/mol. The minimum absolute atomic E-state index is 0.0164. The van der Waals surface area contributed by atoms with Gasteiger partial charge >= 0.3 is 5.97 Å². The van der Waals surface area contributed by atoms with Crippen LogP contribution in [0.1, 0.15) is 12.8 Å². The van der Waals surface area contributed by atoms with Gasteiger partial charge in [0.15, 0.2) is 0 Å². The predicted molar refractivity (Wildman–Crippen MR) is 70.8 cm³/mol. The molecule has 3 N–H and O–H groups in total. The van der Waals surface area contributed by atoms with Crippen LogP contribution in [0.25, 0.3) is 0 Å². The minimum atomic E-state index is -0.841. The number of anilines is 2. The van der Waals surface area contributed by atoms with Crippen LogP contribution >= 0.6 is 11.8 Å². The van der Waals surface area contributed by atoms with Gasteiger partial charge in [0, 0.05) is 23.5 Å². The molecule has 0 radical (unpaired) electrons. The molecule has 5 nitrogen and oxygen atoms in total. The highest BCUT2D eigenvalue weighted by atomic mass is 32.2. The van der Waals surface area contributed by atoms with E-state index in [1.807, 2.05) is 12.1 Å². The van der Waals surface area contributed by atoms with Crippen molar-refractivity contribution < 1.29 is 14.7 Å². The normalized spacial score (nSPS) is 14.4. The summed E-state index contributed by atoms with van der Waals surface area (Å²) in [5, 5.41) is 8.62. The highest BCUT2D eigenvalue weighted by Crippen LogP contribution is 2.36. The van der Waals surface area contributed by atoms with E-state index in [-0.39, 0.29) is 12.3 Å². The molecule has 0 saturated heterocycles. The smallest absolute Gasteiger partial charge is 0.303 e. The molecule has 6 heteroatoms. The van der Waals surface area contributed by atoms with Crippen LogP contribution in [0.3, 0.4) is 0 Å². The number of nitrogens with zero attached hydrogens (tertiary/aromatic N) is 1. The average Bonchev–Trinajstić information content (AvgIpc) is 2.31. The summed E-state index contributed by atoms with van der Waals surface area (Å²) in [5.74, 6) is -0.446. The summed E-state index contributed by atoms with van der Waals surface area (Å²) >= 11 is 1.47. The number of fused-ring (bicyclic) bond motifs is 1. The molecule has 1 amide bonds. The van der Waals surface area contributed by atoms with Crippen molar-refractivity contribution in [3.8, 4) is 0 Å². The maximum absolute atomic E-state index is 11.8. The molecule has 1 aromatic rings. The van der Waals surface area contributed by atoms with Gasteiger partial charge in [-0.1, -0.05) is 0 Å². The lowest BCUT2D eigenvalue weighted by Crippen LogP contribution is -2.36. The number of aliphatic carboxylic acids is 1. The summed E-state index contributed by atoms with van der Waals surface area (Å²) in [6.45, 7) is 0.433. The molecule has 1 aliphatic heterocycles. The van der Waals surface area contributed by atoms with Gasteiger partial charge < -0.3 is 15.7 Å². The lowest BCUT2D eigenvalue weighted by molar-refractivity contribution is -0.137. The maximum Gasteiger partial charge on any atom is 0.303 e. The predicted octanol–water partition coefficient (Wildman–Crippen LogP) is 1.57. The highest BCUT2D eigenvalue weighted by Gasteiger charge is 2.24. The van der Waals surface area contributed by atoms with Crippen molar-refractivity contribution in [2.75, 3.05) is 22.9 Å². The summed E-state index contributed by atoms with van der Waals surface area (Å²) in [4.78, 5) is 25.0. The number of carboxylic acid groups (broad SMARTS) is 1. The van der Waals surface area contributed by atoms with E-state index in [2.05, 4.69) is 0 Å². The van der Waals surface area contributed by atoms with Crippen LogP contribution < -0.4 is 10.6 Å². The molecule has 0 fully saturated rings. The van der Waals surface area contributed by atoms with E-state index in [1.54, 1.807) is 11.0 Å². The van der Waals surface area contributed by atoms with Crippen LogP contribution in [0.2, 0.25) is 0 Å². The number of nitrogens with two attached hydrogens (primary N) is 1. The number of carboxylic acids is 1. The zero-order valence-corrected chi connectivity index (χ0v) is 10.6. The molecule has 96 valence electrons. The summed E-state index contributed by atoms with van der Waals surface area (Å²) in [6.07, 6.45) is 0.525. The second-order valence-corrected chi connectivity index (χ2v) is 5.08. The Kier molecular flexibility index (Phi) is 3.76. The third-order valence-corrected chi connectivity index (χ3v) is 3.73. The van der Waals surface area contributed by atoms with Gasteiger partial charge in [-0.3, -0.25) is 9.59 Å². The first kappa shape index (κ1) is 12.8. The van der Waals surface area contributed by atoms with Crippen molar-refractivity contribution in [1.29, 1.82) is 0 Å². The van der Waals surface area contributed by atoms with Crippen molar-refractivity contribution in [2.45, 2.75) is 17.7 Å². The summed E-state index contributed by atoms with van der Waals surface area (Å²) in [5.41, 5.74) is 7.20. The van der Waals surface area contributed by atoms with Crippen molar-refractivity contribution in [1.82, 2.24) is 0 Å². The topological polar surface area (TPSA) is 83.6 Å². The van der Waals surface area contributed by atoms with E-state index in [0.717, 1.165) is 10.6 Å². The third-order valence-electron chi connectivity index (χ3n) is 2.70. The molecule has 18 heavy (non-hydrogen) atoms. The van der Waals surface area contributed by atoms with Crippen molar-refractivity contribution in [2.24, 2.45) is 0 Å². The Hall–Kier alpha value is -1.69. The Morgan fingerprint density at radius 1 is 1.50 bits per heavy atom. The minimum Gasteiger partial charge on any atom is -0.481 e. The van der Waals surface area contributed by atoms with Crippen LogP contribution in [-0.4, -0.2) is 29.3 Å². The zero-order chi connectivity index (χ0) is 13.1. The first-order valence-electron chi connectivity index (χ1n) is 5.62. The van der Waals surface area contributed by atoms with Gasteiger partial charge in [-0.2, -0.15) is 0 Å². The molecule has 1 aromatic carbocycles. The summed E-state index contributed by atoms with van der Waals surface area (Å²) in [6, 6.07) is 5.41. The number of carbonyl (C=O) groups excluding carboxylic acids is 1. The summed E-state index contributed by atoms with van der Waals surface area (Å²) < 4.78 is 0. The number of benzene rings is 1. The Morgan fingerprint density at radius 3 is 3.00 bits per heavy atom. The van der Waals surface area contributed by atoms with Gasteiger partial charge in [-0.05, 0) is 24.6 Å². The molecule has 0 aliphatic carbocycles. The lowest BCUT2D eigenvalue weighted by atomic mass is 10.2. The van der Waals surface area contributed by atoms with Crippen LogP contribution in [0.5, 0.6) is 0 Å². The Labute approximate surface area is 109 Å². The van der Waals surface area contributed by atoms with Crippen LogP contribution in [0.4, 0.5) is 11.4 Å². The van der Waals surface area contributed by atoms with E-state index in [9.17, 15) is 9.59 Å². The van der Waals surface area contributed by atoms with Gasteiger partial charge in [-0.15, -0.1) is 11.8 Å². The number of nitrogen functional groups attached to an aromatic ring is 1. The summed E-state index contributed by atoms with van der Waals surface area (Å²) in [7, 11) is 0. The van der Waals surface area contributed by atoms with Gasteiger partial charge in [0.1, 0.15) is 0 Å². The second kappa shape index (κ2) is 5.30. The molecule has 0 atom stereocenters. The fraction of sp³-hybridized carbons (Fsp3) is 0.333. The molecule has 0 saturated carbocycles. The van der Waals surface area contributed by atoms with Gasteiger partial charge in [0.05, 0.1) is 11.4 Å². The molecule has 0 unspecified atom stereocenters. The van der Waals surface area contributed by atoms with Gasteiger partial charge in [-0.25, -0.2) is 0 Å². The molecule has 0 spiro atoms. The second-order valence-electron chi connectivity index (χ2n) is 4.06. The SMILES string of the molecule is Nc1ccc2c(c1)SCC(=O)N2CCCC(=O)O. The van der Waals surface area contributed by atoms with Crippen molar-refractivity contribution in [3.63, 3.8) is 0 Å². The zero-order valence-electron chi connectivity index (χ0n) is 9.76. The lowest BCUT2D eigenvalue weighted by Gasteiger charge is -2.29. The fourth-order valence-corrected chi connectivity index (χ4v) is 2.83. The number of thioether (sulfide) groups is 1. The van der Waals surface area contributed by atoms with E-state index in [1.165, 1.54) is 11.8 Å². The first-order valence-corrected chi connectivity index (χ1v) is 6.61. The van der Waals surface area contributed by atoms with Crippen LogP contribution in [0, 0.1) is 0 Å². The molecular formula is C12H14N2O3S. The molecule has 2 rings (SSSR count). The monoisotopic (exact) mass is 266 g/mol. The molecule has 0 aromatic heterocycles. The number of amides is 1. The fourth-order valence-electron chi connectivity index (χ4n) is 1.85. The van der Waals surface area contributed by atoms with E-state index in [0.29, 0.717) is 24.4 Å². The largest absolute Gasteiger partial charge is 0.481 e. The van der Waals surface area contributed by atoms with E-state index >= 15 is 0 Å². The highest BCUT2D eigenvalue weighted by molar-refractivity contribution is 8.00. The van der Waals surface area contributed by atoms with Crippen molar-refractivity contribution >= 4 is 35.0 Å². The number of hydrogen-bond acceptors (Lipinski definition) is 4. The van der Waals surface area contributed by atoms with Gasteiger partial charge in [0.2, 0.25) is 5.91 Å². The molecule has 1 aliphatic rings.